The summed E-state index contributed by atoms with van der Waals surface area (Å²) in [4.78, 5) is 11.6. The van der Waals surface area contributed by atoms with Crippen molar-refractivity contribution in [1.29, 1.82) is 0 Å². The minimum Gasteiger partial charge on any atom is -0.267 e. The van der Waals surface area contributed by atoms with E-state index >= 15 is 0 Å². The molecule has 1 N–H and O–H groups in total. The van der Waals surface area contributed by atoms with Crippen molar-refractivity contribution in [2.75, 3.05) is 0 Å². The van der Waals surface area contributed by atoms with Gasteiger partial charge in [0.2, 0.25) is 0 Å². The smallest absolute Gasteiger partial charge is 0.267 e. The van der Waals surface area contributed by atoms with Crippen LogP contribution in [0.5, 0.6) is 0 Å². The maximum Gasteiger partial charge on any atom is 0.274 e. The summed E-state index contributed by atoms with van der Waals surface area (Å²) < 4.78 is 13.3. The van der Waals surface area contributed by atoms with Crippen molar-refractivity contribution >= 4 is 12.1 Å². The zero-order chi connectivity index (χ0) is 12.8. The maximum atomic E-state index is 13.3. The second kappa shape index (κ2) is 6.28. The molecular formula is C14H17FN2O. The van der Waals surface area contributed by atoms with Crippen LogP contribution in [0.4, 0.5) is 4.39 Å². The van der Waals surface area contributed by atoms with Gasteiger partial charge in [0, 0.05) is 6.21 Å². The monoisotopic (exact) mass is 248 g/mol. The molecule has 1 aliphatic rings. The van der Waals surface area contributed by atoms with Crippen molar-refractivity contribution in [3.8, 4) is 0 Å². The third-order valence-corrected chi connectivity index (χ3v) is 3.22. The van der Waals surface area contributed by atoms with Crippen LogP contribution in [0.25, 0.3) is 0 Å². The van der Waals surface area contributed by atoms with Gasteiger partial charge in [-0.1, -0.05) is 31.4 Å². The second-order valence-electron chi connectivity index (χ2n) is 4.60. The van der Waals surface area contributed by atoms with E-state index < -0.39 is 11.7 Å². The average molecular weight is 248 g/mol. The molecule has 1 aliphatic carbocycles. The highest BCUT2D eigenvalue weighted by Crippen LogP contribution is 2.21. The first-order valence-electron chi connectivity index (χ1n) is 6.35. The van der Waals surface area contributed by atoms with Crippen LogP contribution in [0.1, 0.15) is 42.5 Å². The van der Waals surface area contributed by atoms with Crippen LogP contribution in [0, 0.1) is 11.7 Å². The third-order valence-electron chi connectivity index (χ3n) is 3.22. The highest BCUT2D eigenvalue weighted by molar-refractivity contribution is 5.94. The van der Waals surface area contributed by atoms with Gasteiger partial charge in [-0.15, -0.1) is 0 Å². The van der Waals surface area contributed by atoms with Crippen LogP contribution in [0.2, 0.25) is 0 Å². The molecule has 1 aromatic rings. The Labute approximate surface area is 106 Å². The molecule has 1 aromatic carbocycles. The Morgan fingerprint density at radius 3 is 2.72 bits per heavy atom. The molecule has 18 heavy (non-hydrogen) atoms. The highest BCUT2D eigenvalue weighted by atomic mass is 19.1. The Bertz CT molecular complexity index is 439. The van der Waals surface area contributed by atoms with E-state index in [0.717, 1.165) is 12.8 Å². The van der Waals surface area contributed by atoms with Crippen LogP contribution >= 0.6 is 0 Å². The van der Waals surface area contributed by atoms with Gasteiger partial charge in [0.25, 0.3) is 5.91 Å². The molecule has 96 valence electrons. The van der Waals surface area contributed by atoms with Crippen LogP contribution < -0.4 is 5.43 Å². The summed E-state index contributed by atoms with van der Waals surface area (Å²) >= 11 is 0. The first-order chi connectivity index (χ1) is 8.77. The average Bonchev–Trinajstić information content (AvgIpc) is 2.40. The molecule has 0 spiro atoms. The van der Waals surface area contributed by atoms with Crippen LogP contribution in [0.3, 0.4) is 0 Å². The van der Waals surface area contributed by atoms with Gasteiger partial charge < -0.3 is 0 Å². The third kappa shape index (κ3) is 3.39. The molecule has 0 saturated heterocycles. The molecular weight excluding hydrogens is 231 g/mol. The number of carbonyl (C=O) groups excluding carboxylic acids is 1. The van der Waals surface area contributed by atoms with E-state index in [-0.39, 0.29) is 5.56 Å². The number of hydrogen-bond donors (Lipinski definition) is 1. The lowest BCUT2D eigenvalue weighted by molar-refractivity contribution is 0.0951. The Balaban J connectivity index is 1.88. The van der Waals surface area contributed by atoms with Gasteiger partial charge >= 0.3 is 0 Å². The van der Waals surface area contributed by atoms with Gasteiger partial charge in [0.1, 0.15) is 5.82 Å². The molecule has 0 radical (unpaired) electrons. The molecule has 4 heteroatoms. The SMILES string of the molecule is O=C(N/N=C\C1CCCCC1)c1ccccc1F. The molecule has 3 nitrogen and oxygen atoms in total. The van der Waals surface area contributed by atoms with Crippen molar-refractivity contribution in [2.45, 2.75) is 32.1 Å². The Morgan fingerprint density at radius 2 is 2.00 bits per heavy atom. The fraction of sp³-hybridized carbons (Fsp3) is 0.429. The molecule has 0 aliphatic heterocycles. The summed E-state index contributed by atoms with van der Waals surface area (Å²) in [5.41, 5.74) is 2.40. The molecule has 0 heterocycles. The topological polar surface area (TPSA) is 41.5 Å². The van der Waals surface area contributed by atoms with Crippen molar-refractivity contribution in [1.82, 2.24) is 5.43 Å². The van der Waals surface area contributed by atoms with Gasteiger partial charge in [0.05, 0.1) is 5.56 Å². The predicted octanol–water partition coefficient (Wildman–Crippen LogP) is 3.12. The number of benzene rings is 1. The lowest BCUT2D eigenvalue weighted by atomic mass is 9.90. The van der Waals surface area contributed by atoms with Crippen molar-refractivity contribution in [3.05, 3.63) is 35.6 Å². The molecule has 2 rings (SSSR count). The van der Waals surface area contributed by atoms with E-state index in [1.807, 2.05) is 0 Å². The fourth-order valence-electron chi connectivity index (χ4n) is 2.19. The number of amides is 1. The number of nitrogens with zero attached hydrogens (tertiary/aromatic N) is 1. The first-order valence-corrected chi connectivity index (χ1v) is 6.35. The highest BCUT2D eigenvalue weighted by Gasteiger charge is 2.12. The normalized spacial score (nSPS) is 16.9. The molecule has 0 aromatic heterocycles. The summed E-state index contributed by atoms with van der Waals surface area (Å²) in [6.45, 7) is 0. The van der Waals surface area contributed by atoms with Gasteiger partial charge in [-0.05, 0) is 30.9 Å². The van der Waals surface area contributed by atoms with Gasteiger partial charge in [-0.2, -0.15) is 5.10 Å². The largest absolute Gasteiger partial charge is 0.274 e. The van der Waals surface area contributed by atoms with Crippen molar-refractivity contribution in [3.63, 3.8) is 0 Å². The van der Waals surface area contributed by atoms with Crippen LogP contribution in [0.15, 0.2) is 29.4 Å². The summed E-state index contributed by atoms with van der Waals surface area (Å²) in [5.74, 6) is -0.581. The van der Waals surface area contributed by atoms with Crippen LogP contribution in [-0.2, 0) is 0 Å². The Morgan fingerprint density at radius 1 is 1.28 bits per heavy atom. The molecule has 0 atom stereocenters. The number of nitrogens with one attached hydrogen (secondary N) is 1. The Hall–Kier alpha value is -1.71. The summed E-state index contributed by atoms with van der Waals surface area (Å²) in [5, 5.41) is 3.92. The number of carbonyl (C=O) groups is 1. The van der Waals surface area contributed by atoms with E-state index in [2.05, 4.69) is 10.5 Å². The van der Waals surface area contributed by atoms with E-state index in [4.69, 9.17) is 0 Å². The lowest BCUT2D eigenvalue weighted by Gasteiger charge is -2.16. The number of hydrogen-bond acceptors (Lipinski definition) is 2. The van der Waals surface area contributed by atoms with Crippen LogP contribution in [-0.4, -0.2) is 12.1 Å². The molecule has 1 saturated carbocycles. The van der Waals surface area contributed by atoms with E-state index in [0.29, 0.717) is 5.92 Å². The fourth-order valence-corrected chi connectivity index (χ4v) is 2.19. The lowest BCUT2D eigenvalue weighted by Crippen LogP contribution is -2.20. The quantitative estimate of drug-likeness (QED) is 0.648. The van der Waals surface area contributed by atoms with Crippen molar-refractivity contribution in [2.24, 2.45) is 11.0 Å². The summed E-state index contributed by atoms with van der Waals surface area (Å²) in [6.07, 6.45) is 7.75. The van der Waals surface area contributed by atoms with Crippen molar-refractivity contribution < 1.29 is 9.18 Å². The van der Waals surface area contributed by atoms with Gasteiger partial charge in [-0.25, -0.2) is 9.82 Å². The van der Waals surface area contributed by atoms with Gasteiger partial charge in [-0.3, -0.25) is 4.79 Å². The zero-order valence-electron chi connectivity index (χ0n) is 10.2. The number of rotatable bonds is 3. The minimum atomic E-state index is -0.525. The Kier molecular flexibility index (Phi) is 4.45. The van der Waals surface area contributed by atoms with Gasteiger partial charge in [0.15, 0.2) is 0 Å². The summed E-state index contributed by atoms with van der Waals surface area (Å²) in [7, 11) is 0. The van der Waals surface area contributed by atoms with E-state index in [1.54, 1.807) is 18.3 Å². The summed E-state index contributed by atoms with van der Waals surface area (Å²) in [6, 6.07) is 5.89. The molecule has 0 unspecified atom stereocenters. The minimum absolute atomic E-state index is 0.0262. The maximum absolute atomic E-state index is 13.3. The first kappa shape index (κ1) is 12.7. The second-order valence-corrected chi connectivity index (χ2v) is 4.60. The zero-order valence-corrected chi connectivity index (χ0v) is 10.2. The molecule has 1 amide bonds. The number of halogens is 1. The number of hydrazone groups is 1. The van der Waals surface area contributed by atoms with E-state index in [1.165, 1.54) is 31.4 Å². The van der Waals surface area contributed by atoms with E-state index in [9.17, 15) is 9.18 Å². The standard InChI is InChI=1S/C14H17FN2O/c15-13-9-5-4-8-12(13)14(18)17-16-10-11-6-2-1-3-7-11/h4-5,8-11H,1-3,6-7H2,(H,17,18)/b16-10-. The predicted molar refractivity (Wildman–Crippen MR) is 68.9 cm³/mol. The molecule has 1 fully saturated rings. The molecule has 0 bridgehead atoms.